The summed E-state index contributed by atoms with van der Waals surface area (Å²) in [6, 6.07) is 3.54. The van der Waals surface area contributed by atoms with Crippen molar-refractivity contribution >= 4 is 28.8 Å². The van der Waals surface area contributed by atoms with Gasteiger partial charge in [-0.1, -0.05) is 11.6 Å². The van der Waals surface area contributed by atoms with E-state index in [4.69, 9.17) is 11.6 Å². The third-order valence-electron chi connectivity index (χ3n) is 3.35. The highest BCUT2D eigenvalue weighted by molar-refractivity contribution is 7.16. The normalized spacial score (nSPS) is 18.2. The monoisotopic (exact) mass is 302 g/mol. The largest absolute Gasteiger partial charge is 0.386 e. The molecule has 2 heterocycles. The van der Waals surface area contributed by atoms with Crippen LogP contribution in [0.5, 0.6) is 0 Å². The summed E-state index contributed by atoms with van der Waals surface area (Å²) in [6.45, 7) is 2.24. The van der Waals surface area contributed by atoms with Crippen molar-refractivity contribution in [1.82, 2.24) is 10.6 Å². The van der Waals surface area contributed by atoms with Crippen LogP contribution in [0, 0.1) is 5.92 Å². The molecule has 0 saturated carbocycles. The molecule has 2 rings (SSSR count). The first-order chi connectivity index (χ1) is 9.15. The molecule has 1 aromatic rings. The minimum atomic E-state index is -0.672. The Morgan fingerprint density at radius 3 is 2.89 bits per heavy atom. The molecule has 1 amide bonds. The topological polar surface area (TPSA) is 61.4 Å². The number of hydrogen-bond donors (Lipinski definition) is 3. The molecule has 1 aliphatic rings. The highest BCUT2D eigenvalue weighted by atomic mass is 35.5. The number of carbonyl (C=O) groups is 1. The Balaban J connectivity index is 1.70. The number of piperidine rings is 1. The lowest BCUT2D eigenvalue weighted by molar-refractivity contribution is -0.122. The third kappa shape index (κ3) is 4.76. The summed E-state index contributed by atoms with van der Waals surface area (Å²) in [5.74, 6) is 0.489. The van der Waals surface area contributed by atoms with E-state index in [1.165, 1.54) is 11.3 Å². The number of aliphatic hydroxyl groups is 1. The summed E-state index contributed by atoms with van der Waals surface area (Å²) in [7, 11) is 0. The quantitative estimate of drug-likeness (QED) is 0.779. The summed E-state index contributed by atoms with van der Waals surface area (Å²) in [6.07, 6.45) is 1.99. The first-order valence-electron chi connectivity index (χ1n) is 6.56. The van der Waals surface area contributed by atoms with Gasteiger partial charge in [0.25, 0.3) is 0 Å². The lowest BCUT2D eigenvalue weighted by Gasteiger charge is -2.22. The number of thiophene rings is 1. The number of amides is 1. The molecule has 1 unspecified atom stereocenters. The van der Waals surface area contributed by atoms with E-state index in [1.807, 2.05) is 0 Å². The molecule has 0 radical (unpaired) electrons. The van der Waals surface area contributed by atoms with E-state index in [9.17, 15) is 9.90 Å². The van der Waals surface area contributed by atoms with Gasteiger partial charge in [0.15, 0.2) is 0 Å². The minimum absolute atomic E-state index is 0.0219. The van der Waals surface area contributed by atoms with Crippen LogP contribution in [0.1, 0.15) is 30.2 Å². The smallest absolute Gasteiger partial charge is 0.220 e. The first-order valence-corrected chi connectivity index (χ1v) is 7.75. The second-order valence-electron chi connectivity index (χ2n) is 4.86. The van der Waals surface area contributed by atoms with Crippen molar-refractivity contribution < 1.29 is 9.90 Å². The van der Waals surface area contributed by atoms with Crippen LogP contribution in [0.4, 0.5) is 0 Å². The molecule has 0 bridgehead atoms. The number of halogens is 1. The van der Waals surface area contributed by atoms with E-state index in [2.05, 4.69) is 10.6 Å². The minimum Gasteiger partial charge on any atom is -0.386 e. The Bertz CT molecular complexity index is 419. The SMILES string of the molecule is O=C(CC1CCNCC1)NCC(O)c1ccc(Cl)s1. The Morgan fingerprint density at radius 2 is 2.26 bits per heavy atom. The van der Waals surface area contributed by atoms with Gasteiger partial charge in [-0.25, -0.2) is 0 Å². The highest BCUT2D eigenvalue weighted by Gasteiger charge is 2.17. The molecule has 106 valence electrons. The van der Waals surface area contributed by atoms with Gasteiger partial charge in [0.1, 0.15) is 6.10 Å². The Kier molecular flexibility index (Phi) is 5.63. The van der Waals surface area contributed by atoms with Crippen LogP contribution in [-0.2, 0) is 4.79 Å². The highest BCUT2D eigenvalue weighted by Crippen LogP contribution is 2.26. The van der Waals surface area contributed by atoms with Crippen LogP contribution in [0.25, 0.3) is 0 Å². The molecule has 1 aliphatic heterocycles. The van der Waals surface area contributed by atoms with E-state index >= 15 is 0 Å². The molecule has 6 heteroatoms. The number of nitrogens with one attached hydrogen (secondary N) is 2. The van der Waals surface area contributed by atoms with Crippen LogP contribution in [0.2, 0.25) is 4.34 Å². The molecule has 1 atom stereocenters. The van der Waals surface area contributed by atoms with Crippen LogP contribution in [0.15, 0.2) is 12.1 Å². The third-order valence-corrected chi connectivity index (χ3v) is 4.68. The molecule has 1 aromatic heterocycles. The maximum absolute atomic E-state index is 11.8. The van der Waals surface area contributed by atoms with Gasteiger partial charge in [-0.2, -0.15) is 0 Å². The number of rotatable bonds is 5. The van der Waals surface area contributed by atoms with Gasteiger partial charge in [0, 0.05) is 17.8 Å². The van der Waals surface area contributed by atoms with Crippen molar-refractivity contribution in [3.63, 3.8) is 0 Å². The average Bonchev–Trinajstić information content (AvgIpc) is 2.84. The van der Waals surface area contributed by atoms with Crippen LogP contribution < -0.4 is 10.6 Å². The lowest BCUT2D eigenvalue weighted by atomic mass is 9.94. The summed E-state index contributed by atoms with van der Waals surface area (Å²) in [4.78, 5) is 12.6. The van der Waals surface area contributed by atoms with Gasteiger partial charge in [-0.15, -0.1) is 11.3 Å². The lowest BCUT2D eigenvalue weighted by Crippen LogP contribution is -2.33. The van der Waals surface area contributed by atoms with E-state index in [0.717, 1.165) is 30.8 Å². The van der Waals surface area contributed by atoms with Crippen LogP contribution in [-0.4, -0.2) is 30.6 Å². The van der Waals surface area contributed by atoms with Gasteiger partial charge in [0.2, 0.25) is 5.91 Å². The van der Waals surface area contributed by atoms with Crippen LogP contribution in [0.3, 0.4) is 0 Å². The van der Waals surface area contributed by atoms with Crippen molar-refractivity contribution in [3.8, 4) is 0 Å². The first kappa shape index (κ1) is 14.8. The van der Waals surface area contributed by atoms with Crippen molar-refractivity contribution in [1.29, 1.82) is 0 Å². The predicted octanol–water partition coefficient (Wildman–Crippen LogP) is 1.94. The maximum atomic E-state index is 11.8. The zero-order valence-corrected chi connectivity index (χ0v) is 12.3. The molecular formula is C13H19ClN2O2S. The molecule has 4 nitrogen and oxygen atoms in total. The van der Waals surface area contributed by atoms with Gasteiger partial charge >= 0.3 is 0 Å². The van der Waals surface area contributed by atoms with E-state index < -0.39 is 6.10 Å². The molecule has 0 spiro atoms. The molecule has 3 N–H and O–H groups in total. The molecule has 1 fully saturated rings. The van der Waals surface area contributed by atoms with Crippen LogP contribution >= 0.6 is 22.9 Å². The van der Waals surface area contributed by atoms with Gasteiger partial charge in [0.05, 0.1) is 4.34 Å². The second-order valence-corrected chi connectivity index (χ2v) is 6.61. The molecule has 0 aromatic carbocycles. The van der Waals surface area contributed by atoms with Crippen molar-refractivity contribution in [2.75, 3.05) is 19.6 Å². The van der Waals surface area contributed by atoms with Crippen molar-refractivity contribution in [2.24, 2.45) is 5.92 Å². The Labute approximate surface area is 122 Å². The molecular weight excluding hydrogens is 284 g/mol. The van der Waals surface area contributed by atoms with Crippen molar-refractivity contribution in [3.05, 3.63) is 21.3 Å². The summed E-state index contributed by atoms with van der Waals surface area (Å²) in [5.41, 5.74) is 0. The number of hydrogen-bond acceptors (Lipinski definition) is 4. The van der Waals surface area contributed by atoms with Crippen molar-refractivity contribution in [2.45, 2.75) is 25.4 Å². The second kappa shape index (κ2) is 7.24. The zero-order valence-electron chi connectivity index (χ0n) is 10.7. The summed E-state index contributed by atoms with van der Waals surface area (Å²) in [5, 5.41) is 16.0. The van der Waals surface area contributed by atoms with E-state index in [-0.39, 0.29) is 12.5 Å². The fraction of sp³-hybridized carbons (Fsp3) is 0.615. The maximum Gasteiger partial charge on any atom is 0.220 e. The van der Waals surface area contributed by atoms with Gasteiger partial charge in [-0.05, 0) is 44.0 Å². The molecule has 19 heavy (non-hydrogen) atoms. The van der Waals surface area contributed by atoms with E-state index in [1.54, 1.807) is 12.1 Å². The fourth-order valence-electron chi connectivity index (χ4n) is 2.24. The Morgan fingerprint density at radius 1 is 1.53 bits per heavy atom. The fourth-order valence-corrected chi connectivity index (χ4v) is 3.29. The number of aliphatic hydroxyl groups excluding tert-OH is 1. The van der Waals surface area contributed by atoms with E-state index in [0.29, 0.717) is 16.7 Å². The molecule has 1 saturated heterocycles. The summed E-state index contributed by atoms with van der Waals surface area (Å²) >= 11 is 7.15. The molecule has 0 aliphatic carbocycles. The number of carbonyl (C=O) groups excluding carboxylic acids is 1. The Hall–Kier alpha value is -0.620. The standard InChI is InChI=1S/C13H19ClN2O2S/c14-12-2-1-11(19-12)10(17)8-16-13(18)7-9-3-5-15-6-4-9/h1-2,9-10,15,17H,3-8H2,(H,16,18). The van der Waals surface area contributed by atoms with Gasteiger partial charge < -0.3 is 15.7 Å². The zero-order chi connectivity index (χ0) is 13.7. The van der Waals surface area contributed by atoms with Gasteiger partial charge in [-0.3, -0.25) is 4.79 Å². The summed E-state index contributed by atoms with van der Waals surface area (Å²) < 4.78 is 0.648. The average molecular weight is 303 g/mol. The predicted molar refractivity (Wildman–Crippen MR) is 77.5 cm³/mol.